The molecule has 0 aromatic heterocycles. The molecule has 0 fully saturated rings. The summed E-state index contributed by atoms with van der Waals surface area (Å²) in [6.07, 6.45) is -0.558. The Morgan fingerprint density at radius 1 is 1.00 bits per heavy atom. The van der Waals surface area contributed by atoms with Crippen molar-refractivity contribution in [1.82, 2.24) is 5.32 Å². The molecule has 0 aliphatic heterocycles. The number of rotatable bonds is 5. The molecular formula is C21H26BrNO2. The largest absolute Gasteiger partial charge is 0.481 e. The number of amides is 1. The summed E-state index contributed by atoms with van der Waals surface area (Å²) in [4.78, 5) is 12.4. The smallest absolute Gasteiger partial charge is 0.261 e. The van der Waals surface area contributed by atoms with Crippen LogP contribution in [0.5, 0.6) is 5.75 Å². The highest BCUT2D eigenvalue weighted by Crippen LogP contribution is 2.24. The summed E-state index contributed by atoms with van der Waals surface area (Å²) in [5.74, 6) is 0.545. The Balaban J connectivity index is 1.95. The zero-order chi connectivity index (χ0) is 18.6. The zero-order valence-corrected chi connectivity index (χ0v) is 17.1. The highest BCUT2D eigenvalue weighted by Gasteiger charge is 2.19. The first-order chi connectivity index (χ1) is 11.7. The van der Waals surface area contributed by atoms with Crippen LogP contribution >= 0.6 is 15.9 Å². The van der Waals surface area contributed by atoms with Crippen molar-refractivity contribution in [3.8, 4) is 5.75 Å². The predicted molar refractivity (Wildman–Crippen MR) is 106 cm³/mol. The van der Waals surface area contributed by atoms with Crippen molar-refractivity contribution >= 4 is 21.8 Å². The molecule has 0 aliphatic carbocycles. The van der Waals surface area contributed by atoms with Gasteiger partial charge in [-0.1, -0.05) is 61.0 Å². The Morgan fingerprint density at radius 2 is 1.56 bits per heavy atom. The number of hydrogen-bond acceptors (Lipinski definition) is 2. The molecule has 0 aliphatic rings. The molecule has 2 aromatic rings. The average Bonchev–Trinajstić information content (AvgIpc) is 2.56. The fourth-order valence-electron chi connectivity index (χ4n) is 2.46. The van der Waals surface area contributed by atoms with Crippen molar-refractivity contribution in [2.45, 2.75) is 52.2 Å². The summed E-state index contributed by atoms with van der Waals surface area (Å²) in [7, 11) is 0. The zero-order valence-electron chi connectivity index (χ0n) is 15.5. The van der Waals surface area contributed by atoms with Crippen molar-refractivity contribution in [3.63, 3.8) is 0 Å². The Morgan fingerprint density at radius 3 is 2.08 bits per heavy atom. The van der Waals surface area contributed by atoms with E-state index in [1.807, 2.05) is 31.2 Å². The molecule has 4 heteroatoms. The average molecular weight is 404 g/mol. The van der Waals surface area contributed by atoms with Crippen molar-refractivity contribution in [3.05, 3.63) is 64.1 Å². The van der Waals surface area contributed by atoms with Crippen LogP contribution in [0.4, 0.5) is 0 Å². The lowest BCUT2D eigenvalue weighted by Gasteiger charge is -2.22. The van der Waals surface area contributed by atoms with Gasteiger partial charge in [-0.05, 0) is 54.7 Å². The second-order valence-corrected chi connectivity index (χ2v) is 8.23. The van der Waals surface area contributed by atoms with E-state index in [1.165, 1.54) is 5.56 Å². The van der Waals surface area contributed by atoms with Crippen LogP contribution in [0.2, 0.25) is 0 Å². The molecule has 3 nitrogen and oxygen atoms in total. The second kappa shape index (κ2) is 8.05. The van der Waals surface area contributed by atoms with Gasteiger partial charge in [0.1, 0.15) is 5.75 Å². The highest BCUT2D eigenvalue weighted by atomic mass is 79.9. The molecule has 0 spiro atoms. The maximum Gasteiger partial charge on any atom is 0.261 e. The normalized spacial score (nSPS) is 13.8. The minimum Gasteiger partial charge on any atom is -0.481 e. The molecule has 1 amide bonds. The van der Waals surface area contributed by atoms with Gasteiger partial charge in [0.05, 0.1) is 6.04 Å². The molecule has 2 aromatic carbocycles. The van der Waals surface area contributed by atoms with Crippen molar-refractivity contribution < 1.29 is 9.53 Å². The van der Waals surface area contributed by atoms with Crippen molar-refractivity contribution in [2.24, 2.45) is 0 Å². The van der Waals surface area contributed by atoms with Gasteiger partial charge in [-0.3, -0.25) is 4.79 Å². The van der Waals surface area contributed by atoms with Gasteiger partial charge in [0.25, 0.3) is 5.91 Å². The summed E-state index contributed by atoms with van der Waals surface area (Å²) in [6, 6.07) is 15.8. The van der Waals surface area contributed by atoms with Crippen LogP contribution in [-0.4, -0.2) is 12.0 Å². The van der Waals surface area contributed by atoms with Crippen LogP contribution in [0, 0.1) is 0 Å². The molecule has 0 radical (unpaired) electrons. The SMILES string of the molecule is C[C@H](Oc1ccc(Br)cc1)C(=O)N[C@@H](C)c1ccc(C(C)(C)C)cc1. The topological polar surface area (TPSA) is 38.3 Å². The first kappa shape index (κ1) is 19.5. The Kier molecular flexibility index (Phi) is 6.28. The number of carbonyl (C=O) groups excluding carboxylic acids is 1. The highest BCUT2D eigenvalue weighted by molar-refractivity contribution is 9.10. The summed E-state index contributed by atoms with van der Waals surface area (Å²) >= 11 is 3.38. The lowest BCUT2D eigenvalue weighted by molar-refractivity contribution is -0.127. The van der Waals surface area contributed by atoms with Gasteiger partial charge in [0, 0.05) is 4.47 Å². The molecular weight excluding hydrogens is 378 g/mol. The van der Waals surface area contributed by atoms with E-state index < -0.39 is 6.10 Å². The van der Waals surface area contributed by atoms with Gasteiger partial charge in [0.15, 0.2) is 6.10 Å². The molecule has 134 valence electrons. The second-order valence-electron chi connectivity index (χ2n) is 7.32. The molecule has 0 saturated carbocycles. The minimum absolute atomic E-state index is 0.0718. The third kappa shape index (κ3) is 5.60. The Hall–Kier alpha value is -1.81. The minimum atomic E-state index is -0.558. The Bertz CT molecular complexity index is 702. The third-order valence-electron chi connectivity index (χ3n) is 4.13. The summed E-state index contributed by atoms with van der Waals surface area (Å²) in [5.41, 5.74) is 2.48. The first-order valence-electron chi connectivity index (χ1n) is 8.50. The number of carbonyl (C=O) groups is 1. The van der Waals surface area contributed by atoms with E-state index in [-0.39, 0.29) is 17.4 Å². The number of nitrogens with one attached hydrogen (secondary N) is 1. The van der Waals surface area contributed by atoms with E-state index in [0.717, 1.165) is 10.0 Å². The lowest BCUT2D eigenvalue weighted by atomic mass is 9.86. The number of halogens is 1. The number of benzene rings is 2. The monoisotopic (exact) mass is 403 g/mol. The fourth-order valence-corrected chi connectivity index (χ4v) is 2.72. The van der Waals surface area contributed by atoms with Gasteiger partial charge in [-0.2, -0.15) is 0 Å². The van der Waals surface area contributed by atoms with E-state index in [2.05, 4.69) is 66.3 Å². The van der Waals surface area contributed by atoms with Gasteiger partial charge in [-0.25, -0.2) is 0 Å². The van der Waals surface area contributed by atoms with Crippen LogP contribution in [0.25, 0.3) is 0 Å². The van der Waals surface area contributed by atoms with Gasteiger partial charge < -0.3 is 10.1 Å². The van der Waals surface area contributed by atoms with E-state index >= 15 is 0 Å². The van der Waals surface area contributed by atoms with Crippen molar-refractivity contribution in [2.75, 3.05) is 0 Å². The standard InChI is InChI=1S/C21H26BrNO2/c1-14(16-6-8-17(9-7-16)21(3,4)5)23-20(24)15(2)25-19-12-10-18(22)11-13-19/h6-15H,1-5H3,(H,23,24)/t14-,15-/m0/s1. The molecule has 1 N–H and O–H groups in total. The maximum absolute atomic E-state index is 12.4. The molecule has 2 rings (SSSR count). The summed E-state index contributed by atoms with van der Waals surface area (Å²) in [5, 5.41) is 3.01. The summed E-state index contributed by atoms with van der Waals surface area (Å²) in [6.45, 7) is 10.3. The molecule has 25 heavy (non-hydrogen) atoms. The molecule has 0 saturated heterocycles. The molecule has 2 atom stereocenters. The van der Waals surface area contributed by atoms with Crippen LogP contribution in [0.1, 0.15) is 51.8 Å². The quantitative estimate of drug-likeness (QED) is 0.726. The van der Waals surface area contributed by atoms with Crippen LogP contribution in [0.15, 0.2) is 53.0 Å². The third-order valence-corrected chi connectivity index (χ3v) is 4.66. The van der Waals surface area contributed by atoms with Crippen molar-refractivity contribution in [1.29, 1.82) is 0 Å². The molecule has 0 bridgehead atoms. The molecule has 0 heterocycles. The van der Waals surface area contributed by atoms with Gasteiger partial charge >= 0.3 is 0 Å². The first-order valence-corrected chi connectivity index (χ1v) is 9.29. The summed E-state index contributed by atoms with van der Waals surface area (Å²) < 4.78 is 6.67. The lowest BCUT2D eigenvalue weighted by Crippen LogP contribution is -2.37. The van der Waals surface area contributed by atoms with Crippen LogP contribution in [0.3, 0.4) is 0 Å². The number of ether oxygens (including phenoxy) is 1. The van der Waals surface area contributed by atoms with E-state index in [9.17, 15) is 4.79 Å². The van der Waals surface area contributed by atoms with E-state index in [0.29, 0.717) is 5.75 Å². The predicted octanol–water partition coefficient (Wildman–Crippen LogP) is 5.39. The van der Waals surface area contributed by atoms with Crippen LogP contribution in [-0.2, 0) is 10.2 Å². The number of hydrogen-bond donors (Lipinski definition) is 1. The van der Waals surface area contributed by atoms with Gasteiger partial charge in [-0.15, -0.1) is 0 Å². The van der Waals surface area contributed by atoms with E-state index in [1.54, 1.807) is 6.92 Å². The maximum atomic E-state index is 12.4. The molecule has 0 unspecified atom stereocenters. The fraction of sp³-hybridized carbons (Fsp3) is 0.381. The Labute approximate surface area is 158 Å². The van der Waals surface area contributed by atoms with Gasteiger partial charge in [0.2, 0.25) is 0 Å². The van der Waals surface area contributed by atoms with E-state index in [4.69, 9.17) is 4.74 Å². The van der Waals surface area contributed by atoms with Crippen LogP contribution < -0.4 is 10.1 Å².